The highest BCUT2D eigenvalue weighted by atomic mass is 16.4. The molecule has 4 heteroatoms. The normalized spacial score (nSPS) is 10.3. The Morgan fingerprint density at radius 1 is 1.05 bits per heavy atom. The number of hydrogen-bond acceptors (Lipinski definition) is 3. The third kappa shape index (κ3) is 4.17. The van der Waals surface area contributed by atoms with Gasteiger partial charge in [-0.1, -0.05) is 12.1 Å². The lowest BCUT2D eigenvalue weighted by Gasteiger charge is -2.03. The molecule has 2 aromatic rings. The number of carboxylic acid groups (broad SMARTS) is 1. The van der Waals surface area contributed by atoms with Gasteiger partial charge >= 0.3 is 5.97 Å². The van der Waals surface area contributed by atoms with Gasteiger partial charge in [0.25, 0.3) is 0 Å². The van der Waals surface area contributed by atoms with Crippen LogP contribution in [0.3, 0.4) is 0 Å². The molecule has 0 unspecified atom stereocenters. The van der Waals surface area contributed by atoms with Crippen molar-refractivity contribution in [2.24, 2.45) is 0 Å². The van der Waals surface area contributed by atoms with E-state index in [-0.39, 0.29) is 6.42 Å². The molecule has 0 amide bonds. The predicted molar refractivity (Wildman–Crippen MR) is 72.7 cm³/mol. The predicted octanol–water partition coefficient (Wildman–Crippen LogP) is 2.94. The smallest absolute Gasteiger partial charge is 0.303 e. The summed E-state index contributed by atoms with van der Waals surface area (Å²) < 4.78 is 0. The summed E-state index contributed by atoms with van der Waals surface area (Å²) >= 11 is 0. The monoisotopic (exact) mass is 256 g/mol. The molecule has 0 radical (unpaired) electrons. The minimum atomic E-state index is -0.733. The van der Waals surface area contributed by atoms with Crippen molar-refractivity contribution in [2.75, 3.05) is 0 Å². The molecule has 0 saturated heterocycles. The van der Waals surface area contributed by atoms with Gasteiger partial charge in [-0.2, -0.15) is 0 Å². The molecule has 0 aliphatic carbocycles. The number of nitrogens with zero attached hydrogens (tertiary/aromatic N) is 2. The number of rotatable bonds is 6. The average Bonchev–Trinajstić information content (AvgIpc) is 2.45. The number of aryl methyl sites for hydroxylation is 1. The van der Waals surface area contributed by atoms with Crippen LogP contribution in [0.25, 0.3) is 11.4 Å². The minimum Gasteiger partial charge on any atom is -0.481 e. The van der Waals surface area contributed by atoms with Crippen LogP contribution in [0.15, 0.2) is 42.7 Å². The number of carboxylic acids is 1. The summed E-state index contributed by atoms with van der Waals surface area (Å²) in [6.45, 7) is 0. The second kappa shape index (κ2) is 6.64. The van der Waals surface area contributed by atoms with Crippen LogP contribution in [0.4, 0.5) is 0 Å². The van der Waals surface area contributed by atoms with Crippen molar-refractivity contribution in [2.45, 2.75) is 25.7 Å². The zero-order chi connectivity index (χ0) is 13.5. The van der Waals surface area contributed by atoms with E-state index in [1.807, 2.05) is 36.5 Å². The SMILES string of the molecule is O=C(O)CCCCc1ccc(-c2ccccn2)nc1. The first-order valence-electron chi connectivity index (χ1n) is 6.34. The van der Waals surface area contributed by atoms with Gasteiger partial charge in [-0.25, -0.2) is 0 Å². The molecule has 0 atom stereocenters. The van der Waals surface area contributed by atoms with Gasteiger partial charge in [0.2, 0.25) is 0 Å². The third-order valence-corrected chi connectivity index (χ3v) is 2.86. The van der Waals surface area contributed by atoms with E-state index in [1.54, 1.807) is 6.20 Å². The molecule has 0 aliphatic rings. The van der Waals surface area contributed by atoms with Gasteiger partial charge < -0.3 is 5.11 Å². The highest BCUT2D eigenvalue weighted by Gasteiger charge is 2.01. The molecule has 19 heavy (non-hydrogen) atoms. The van der Waals surface area contributed by atoms with E-state index < -0.39 is 5.97 Å². The van der Waals surface area contributed by atoms with Crippen LogP contribution in [-0.4, -0.2) is 21.0 Å². The van der Waals surface area contributed by atoms with E-state index in [2.05, 4.69) is 9.97 Å². The number of aliphatic carboxylic acids is 1. The van der Waals surface area contributed by atoms with E-state index in [4.69, 9.17) is 5.11 Å². The molecule has 0 aromatic carbocycles. The maximum Gasteiger partial charge on any atom is 0.303 e. The van der Waals surface area contributed by atoms with Crippen LogP contribution in [0.5, 0.6) is 0 Å². The Morgan fingerprint density at radius 2 is 1.89 bits per heavy atom. The van der Waals surface area contributed by atoms with Gasteiger partial charge in [0, 0.05) is 18.8 Å². The first-order chi connectivity index (χ1) is 9.25. The molecule has 0 spiro atoms. The molecule has 2 aromatic heterocycles. The molecule has 98 valence electrons. The third-order valence-electron chi connectivity index (χ3n) is 2.86. The summed E-state index contributed by atoms with van der Waals surface area (Å²) in [4.78, 5) is 19.0. The summed E-state index contributed by atoms with van der Waals surface area (Å²) in [6.07, 6.45) is 6.26. The molecule has 2 heterocycles. The Morgan fingerprint density at radius 3 is 2.53 bits per heavy atom. The quantitative estimate of drug-likeness (QED) is 0.807. The maximum absolute atomic E-state index is 10.4. The van der Waals surface area contributed by atoms with Gasteiger partial charge in [0.15, 0.2) is 0 Å². The zero-order valence-corrected chi connectivity index (χ0v) is 10.6. The zero-order valence-electron chi connectivity index (χ0n) is 10.6. The topological polar surface area (TPSA) is 63.1 Å². The molecule has 0 saturated carbocycles. The Bertz CT molecular complexity index is 524. The minimum absolute atomic E-state index is 0.236. The number of carbonyl (C=O) groups is 1. The first kappa shape index (κ1) is 13.2. The van der Waals surface area contributed by atoms with E-state index in [9.17, 15) is 4.79 Å². The van der Waals surface area contributed by atoms with Crippen LogP contribution < -0.4 is 0 Å². The van der Waals surface area contributed by atoms with Gasteiger partial charge in [-0.15, -0.1) is 0 Å². The standard InChI is InChI=1S/C15H16N2O2/c18-15(19)7-2-1-5-12-8-9-14(17-11-12)13-6-3-4-10-16-13/h3-4,6,8-11H,1-2,5,7H2,(H,18,19). The van der Waals surface area contributed by atoms with Crippen molar-refractivity contribution in [1.82, 2.24) is 9.97 Å². The Balaban J connectivity index is 1.90. The molecule has 0 fully saturated rings. The van der Waals surface area contributed by atoms with Gasteiger partial charge in [-0.3, -0.25) is 14.8 Å². The summed E-state index contributed by atoms with van der Waals surface area (Å²) in [5.74, 6) is -0.733. The van der Waals surface area contributed by atoms with Crippen molar-refractivity contribution in [3.05, 3.63) is 48.3 Å². The summed E-state index contributed by atoms with van der Waals surface area (Å²) in [5.41, 5.74) is 2.85. The van der Waals surface area contributed by atoms with E-state index in [0.717, 1.165) is 29.8 Å². The van der Waals surface area contributed by atoms with Crippen molar-refractivity contribution in [3.63, 3.8) is 0 Å². The summed E-state index contributed by atoms with van der Waals surface area (Å²) in [7, 11) is 0. The average molecular weight is 256 g/mol. The van der Waals surface area contributed by atoms with Crippen LogP contribution in [-0.2, 0) is 11.2 Å². The van der Waals surface area contributed by atoms with Crippen molar-refractivity contribution in [1.29, 1.82) is 0 Å². The Kier molecular flexibility index (Phi) is 4.61. The van der Waals surface area contributed by atoms with Gasteiger partial charge in [0.1, 0.15) is 0 Å². The van der Waals surface area contributed by atoms with Crippen molar-refractivity contribution < 1.29 is 9.90 Å². The van der Waals surface area contributed by atoms with E-state index in [1.165, 1.54) is 0 Å². The number of hydrogen-bond donors (Lipinski definition) is 1. The highest BCUT2D eigenvalue weighted by molar-refractivity contribution is 5.66. The van der Waals surface area contributed by atoms with Crippen LogP contribution in [0, 0.1) is 0 Å². The van der Waals surface area contributed by atoms with Crippen LogP contribution in [0.2, 0.25) is 0 Å². The Hall–Kier alpha value is -2.23. The number of pyridine rings is 2. The van der Waals surface area contributed by atoms with Crippen LogP contribution in [0.1, 0.15) is 24.8 Å². The first-order valence-corrected chi connectivity index (χ1v) is 6.34. The summed E-state index contributed by atoms with van der Waals surface area (Å²) in [5, 5.41) is 8.55. The summed E-state index contributed by atoms with van der Waals surface area (Å²) in [6, 6.07) is 9.71. The fraction of sp³-hybridized carbons (Fsp3) is 0.267. The largest absolute Gasteiger partial charge is 0.481 e. The van der Waals surface area contributed by atoms with Crippen molar-refractivity contribution in [3.8, 4) is 11.4 Å². The lowest BCUT2D eigenvalue weighted by atomic mass is 10.1. The second-order valence-corrected chi connectivity index (χ2v) is 4.37. The molecule has 2 rings (SSSR count). The highest BCUT2D eigenvalue weighted by Crippen LogP contribution is 2.14. The fourth-order valence-electron chi connectivity index (χ4n) is 1.84. The second-order valence-electron chi connectivity index (χ2n) is 4.37. The van der Waals surface area contributed by atoms with E-state index in [0.29, 0.717) is 6.42 Å². The fourth-order valence-corrected chi connectivity index (χ4v) is 1.84. The lowest BCUT2D eigenvalue weighted by molar-refractivity contribution is -0.137. The van der Waals surface area contributed by atoms with Gasteiger partial charge in [0.05, 0.1) is 11.4 Å². The molecule has 4 nitrogen and oxygen atoms in total. The molecular weight excluding hydrogens is 240 g/mol. The number of unbranched alkanes of at least 4 members (excludes halogenated alkanes) is 1. The lowest BCUT2D eigenvalue weighted by Crippen LogP contribution is -1.95. The molecule has 0 bridgehead atoms. The van der Waals surface area contributed by atoms with E-state index >= 15 is 0 Å². The number of aromatic nitrogens is 2. The molecular formula is C15H16N2O2. The Labute approximate surface area is 112 Å². The van der Waals surface area contributed by atoms with Gasteiger partial charge in [-0.05, 0) is 43.0 Å². The van der Waals surface area contributed by atoms with Crippen LogP contribution >= 0.6 is 0 Å². The maximum atomic E-state index is 10.4. The van der Waals surface area contributed by atoms with Crippen molar-refractivity contribution >= 4 is 5.97 Å². The molecule has 0 aliphatic heterocycles. The molecule has 1 N–H and O–H groups in total.